The fraction of sp³-hybridized carbons (Fsp3) is 0.542. The van der Waals surface area contributed by atoms with Gasteiger partial charge in [0.25, 0.3) is 5.91 Å². The minimum absolute atomic E-state index is 0.0229. The topological polar surface area (TPSA) is 127 Å². The maximum Gasteiger partial charge on any atom is 0.252 e. The second kappa shape index (κ2) is 10.7. The van der Waals surface area contributed by atoms with Gasteiger partial charge in [0.2, 0.25) is 11.8 Å². The van der Waals surface area contributed by atoms with Crippen molar-refractivity contribution in [3.63, 3.8) is 0 Å². The van der Waals surface area contributed by atoms with Gasteiger partial charge in [-0.3, -0.25) is 14.4 Å². The lowest BCUT2D eigenvalue weighted by atomic mass is 9.83. The van der Waals surface area contributed by atoms with E-state index in [1.54, 1.807) is 29.9 Å². The monoisotopic (exact) mass is 468 g/mol. The number of carbonyl (C=O) groups excluding carboxylic acids is 3. The van der Waals surface area contributed by atoms with Crippen LogP contribution in [0.5, 0.6) is 5.75 Å². The van der Waals surface area contributed by atoms with Gasteiger partial charge in [-0.15, -0.1) is 5.10 Å². The predicted octanol–water partition coefficient (Wildman–Crippen LogP) is 1.48. The minimum atomic E-state index is -0.760. The molecule has 1 saturated carbocycles. The molecule has 1 aliphatic heterocycles. The van der Waals surface area contributed by atoms with E-state index >= 15 is 0 Å². The zero-order valence-corrected chi connectivity index (χ0v) is 19.7. The fourth-order valence-corrected chi connectivity index (χ4v) is 4.46. The van der Waals surface area contributed by atoms with Crippen molar-refractivity contribution in [3.05, 3.63) is 41.2 Å². The van der Waals surface area contributed by atoms with E-state index in [1.807, 2.05) is 13.0 Å². The molecule has 0 radical (unpaired) electrons. The fourth-order valence-electron chi connectivity index (χ4n) is 4.46. The van der Waals surface area contributed by atoms with Gasteiger partial charge in [0.15, 0.2) is 0 Å². The minimum Gasteiger partial charge on any atom is -0.491 e. The number of rotatable bonds is 1. The summed E-state index contributed by atoms with van der Waals surface area (Å²) < 4.78 is 7.55. The molecule has 1 fully saturated rings. The lowest BCUT2D eigenvalue weighted by Gasteiger charge is -2.31. The summed E-state index contributed by atoms with van der Waals surface area (Å²) in [7, 11) is 0. The number of carbonyl (C=O) groups is 3. The van der Waals surface area contributed by atoms with E-state index in [0.717, 1.165) is 37.7 Å². The summed E-state index contributed by atoms with van der Waals surface area (Å²) in [5.74, 6) is -0.388. The van der Waals surface area contributed by atoms with E-state index in [4.69, 9.17) is 4.74 Å². The van der Waals surface area contributed by atoms with Crippen LogP contribution in [0.25, 0.3) is 0 Å². The van der Waals surface area contributed by atoms with Crippen LogP contribution in [0.1, 0.15) is 60.6 Å². The first-order chi connectivity index (χ1) is 16.4. The van der Waals surface area contributed by atoms with Crippen molar-refractivity contribution in [2.45, 2.75) is 71.1 Å². The average Bonchev–Trinajstić information content (AvgIpc) is 3.29. The third-order valence-corrected chi connectivity index (χ3v) is 6.50. The van der Waals surface area contributed by atoms with Crippen LogP contribution in [0, 0.1) is 12.8 Å². The Morgan fingerprint density at radius 1 is 1.06 bits per heavy atom. The summed E-state index contributed by atoms with van der Waals surface area (Å²) in [4.78, 5) is 39.0. The van der Waals surface area contributed by atoms with E-state index in [9.17, 15) is 14.4 Å². The molecule has 0 unspecified atom stereocenters. The van der Waals surface area contributed by atoms with E-state index < -0.39 is 12.1 Å². The highest BCUT2D eigenvalue weighted by atomic mass is 16.5. The van der Waals surface area contributed by atoms with Crippen LogP contribution in [-0.4, -0.2) is 51.4 Å². The van der Waals surface area contributed by atoms with Crippen molar-refractivity contribution in [3.8, 4) is 5.75 Å². The Labute approximate surface area is 198 Å². The molecule has 2 aliphatic rings. The van der Waals surface area contributed by atoms with Gasteiger partial charge in [-0.25, -0.2) is 4.68 Å². The maximum absolute atomic E-state index is 13.2. The zero-order valence-electron chi connectivity index (χ0n) is 19.7. The predicted molar refractivity (Wildman–Crippen MR) is 124 cm³/mol. The molecule has 10 nitrogen and oxygen atoms in total. The Balaban J connectivity index is 1.61. The lowest BCUT2D eigenvalue weighted by Crippen LogP contribution is -2.55. The molecule has 1 aromatic carbocycles. The molecular weight excluding hydrogens is 436 g/mol. The molecular formula is C24H32N6O4. The molecule has 0 spiro atoms. The van der Waals surface area contributed by atoms with Crippen LogP contribution in [0.15, 0.2) is 24.4 Å². The highest BCUT2D eigenvalue weighted by Gasteiger charge is 2.32. The van der Waals surface area contributed by atoms with Crippen molar-refractivity contribution >= 4 is 17.7 Å². The first kappa shape index (κ1) is 23.7. The van der Waals surface area contributed by atoms with Crippen LogP contribution in [0.3, 0.4) is 0 Å². The van der Waals surface area contributed by atoms with E-state index in [1.165, 1.54) is 0 Å². The van der Waals surface area contributed by atoms with Gasteiger partial charge < -0.3 is 20.7 Å². The molecule has 2 aromatic rings. The molecule has 3 amide bonds. The molecule has 0 saturated heterocycles. The summed E-state index contributed by atoms with van der Waals surface area (Å²) >= 11 is 0. The molecule has 3 N–H and O–H groups in total. The van der Waals surface area contributed by atoms with Crippen molar-refractivity contribution in [1.82, 2.24) is 30.9 Å². The van der Waals surface area contributed by atoms with Crippen molar-refractivity contribution in [1.29, 1.82) is 0 Å². The number of nitrogens with one attached hydrogen (secondary N) is 3. The number of hydrogen-bond acceptors (Lipinski definition) is 6. The molecule has 4 bridgehead atoms. The van der Waals surface area contributed by atoms with Gasteiger partial charge in [0.05, 0.1) is 19.3 Å². The third-order valence-electron chi connectivity index (χ3n) is 6.50. The van der Waals surface area contributed by atoms with E-state index in [0.29, 0.717) is 30.2 Å². The van der Waals surface area contributed by atoms with Gasteiger partial charge in [0.1, 0.15) is 30.1 Å². The molecule has 1 aliphatic carbocycles. The Kier molecular flexibility index (Phi) is 7.44. The van der Waals surface area contributed by atoms with Gasteiger partial charge in [-0.2, -0.15) is 0 Å². The molecule has 34 heavy (non-hydrogen) atoms. The van der Waals surface area contributed by atoms with Gasteiger partial charge in [-0.1, -0.05) is 30.5 Å². The Bertz CT molecular complexity index is 1050. The Morgan fingerprint density at radius 2 is 1.85 bits per heavy atom. The van der Waals surface area contributed by atoms with Crippen molar-refractivity contribution < 1.29 is 19.1 Å². The number of fused-ring (bicyclic) bond motifs is 4. The lowest BCUT2D eigenvalue weighted by molar-refractivity contribution is -0.130. The summed E-state index contributed by atoms with van der Waals surface area (Å²) in [6.45, 7) is 4.55. The number of aromatic nitrogens is 3. The quantitative estimate of drug-likeness (QED) is 0.582. The number of aryl methyl sites for hydroxylation is 1. The van der Waals surface area contributed by atoms with Crippen LogP contribution in [-0.2, 0) is 22.7 Å². The van der Waals surface area contributed by atoms with Gasteiger partial charge >= 0.3 is 0 Å². The Hall–Kier alpha value is -3.43. The number of hydrogen-bond donors (Lipinski definition) is 3. The number of ether oxygens (including phenoxy) is 1. The average molecular weight is 469 g/mol. The molecule has 4 rings (SSSR count). The normalized spacial score (nSPS) is 23.1. The largest absolute Gasteiger partial charge is 0.491 e. The number of nitrogens with zero attached hydrogens (tertiary/aromatic N) is 3. The smallest absolute Gasteiger partial charge is 0.252 e. The van der Waals surface area contributed by atoms with Crippen LogP contribution in [0.4, 0.5) is 0 Å². The highest BCUT2D eigenvalue weighted by molar-refractivity contribution is 5.98. The standard InChI is InChI=1S/C24H32N6O4/c1-15-8-9-18-12-20(15)34-11-10-30-14-19(28-29-30)13-25-22(31)16(2)26-24(33)21(27-23(18)32)17-6-4-3-5-7-17/h8-9,12,14,16-17,21H,3-7,10-11,13H2,1-2H3,(H,25,31)(H,26,33)(H,27,32)/t16-,21+/m1/s1. The summed E-state index contributed by atoms with van der Waals surface area (Å²) in [5.41, 5.74) is 1.94. The van der Waals surface area contributed by atoms with Crippen molar-refractivity contribution in [2.75, 3.05) is 6.61 Å². The maximum atomic E-state index is 13.2. The molecule has 2 heterocycles. The van der Waals surface area contributed by atoms with Crippen molar-refractivity contribution in [2.24, 2.45) is 5.92 Å². The van der Waals surface area contributed by atoms with Gasteiger partial charge in [0, 0.05) is 5.56 Å². The molecule has 182 valence electrons. The molecule has 1 aromatic heterocycles. The van der Waals surface area contributed by atoms with Gasteiger partial charge in [-0.05, 0) is 50.3 Å². The first-order valence-electron chi connectivity index (χ1n) is 11.9. The summed E-state index contributed by atoms with van der Waals surface area (Å²) in [6, 6.07) is 3.78. The zero-order chi connectivity index (χ0) is 24.1. The van der Waals surface area contributed by atoms with Crippen LogP contribution >= 0.6 is 0 Å². The number of amides is 3. The second-order valence-electron chi connectivity index (χ2n) is 9.10. The van der Waals surface area contributed by atoms with E-state index in [-0.39, 0.29) is 30.2 Å². The SMILES string of the molecule is Cc1ccc2cc1OCCn1cc(nn1)CNC(=O)[C@@H](C)NC(=O)[C@H](C1CCCCC1)NC2=O. The summed E-state index contributed by atoms with van der Waals surface area (Å²) in [5, 5.41) is 16.6. The molecule has 10 heteroatoms. The Morgan fingerprint density at radius 3 is 2.65 bits per heavy atom. The first-order valence-corrected chi connectivity index (χ1v) is 11.9. The highest BCUT2D eigenvalue weighted by Crippen LogP contribution is 2.27. The second-order valence-corrected chi connectivity index (χ2v) is 9.10. The third kappa shape index (κ3) is 5.73. The van der Waals surface area contributed by atoms with E-state index in [2.05, 4.69) is 26.3 Å². The summed E-state index contributed by atoms with van der Waals surface area (Å²) in [6.07, 6.45) is 6.62. The number of benzene rings is 1. The molecule has 2 atom stereocenters. The van der Waals surface area contributed by atoms with Crippen LogP contribution in [0.2, 0.25) is 0 Å². The van der Waals surface area contributed by atoms with Crippen LogP contribution < -0.4 is 20.7 Å².